The summed E-state index contributed by atoms with van der Waals surface area (Å²) in [5.74, 6) is -0.361. The number of amidine groups is 1. The molecule has 2 amide bonds. The molecule has 0 aromatic heterocycles. The van der Waals surface area contributed by atoms with Gasteiger partial charge in [0.1, 0.15) is 0 Å². The van der Waals surface area contributed by atoms with E-state index in [1.807, 2.05) is 55.5 Å². The third-order valence-corrected chi connectivity index (χ3v) is 5.57. The van der Waals surface area contributed by atoms with E-state index in [1.54, 1.807) is 0 Å². The Balaban J connectivity index is 1.72. The number of carbonyl (C=O) groups excluding carboxylic acids is 2. The number of hydrogen-bond donors (Lipinski definition) is 1. The van der Waals surface area contributed by atoms with Crippen LogP contribution in [0.2, 0.25) is 0 Å². The molecule has 2 heterocycles. The first-order chi connectivity index (χ1) is 12.5. The van der Waals surface area contributed by atoms with E-state index in [0.717, 1.165) is 4.47 Å². The van der Waals surface area contributed by atoms with Crippen LogP contribution in [0.4, 0.5) is 11.4 Å². The third-order valence-electron chi connectivity index (χ3n) is 4.01. The summed E-state index contributed by atoms with van der Waals surface area (Å²) >= 11 is 4.71. The van der Waals surface area contributed by atoms with Crippen LogP contribution >= 0.6 is 27.7 Å². The highest BCUT2D eigenvalue weighted by Crippen LogP contribution is 2.32. The molecule has 0 saturated carbocycles. The van der Waals surface area contributed by atoms with Gasteiger partial charge in [-0.1, -0.05) is 45.9 Å². The molecule has 0 aliphatic carbocycles. The quantitative estimate of drug-likeness (QED) is 0.741. The number of carbonyl (C=O) groups is 2. The number of para-hydroxylation sites is 1. The molecule has 1 N–H and O–H groups in total. The molecule has 1 unspecified atom stereocenters. The van der Waals surface area contributed by atoms with Gasteiger partial charge in [0.2, 0.25) is 5.91 Å². The van der Waals surface area contributed by atoms with Crippen LogP contribution in [0.5, 0.6) is 0 Å². The zero-order valence-electron chi connectivity index (χ0n) is 13.6. The summed E-state index contributed by atoms with van der Waals surface area (Å²) in [5.41, 5.74) is 2.38. The third kappa shape index (κ3) is 2.95. The van der Waals surface area contributed by atoms with Crippen LogP contribution in [0.1, 0.15) is 12.5 Å². The van der Waals surface area contributed by atoms with E-state index in [1.165, 1.54) is 16.7 Å². The number of fused-ring (bicyclic) bond motifs is 1. The lowest BCUT2D eigenvalue weighted by Crippen LogP contribution is -2.31. The van der Waals surface area contributed by atoms with Crippen LogP contribution < -0.4 is 10.2 Å². The van der Waals surface area contributed by atoms with Crippen molar-refractivity contribution in [3.05, 3.63) is 58.6 Å². The zero-order valence-corrected chi connectivity index (χ0v) is 16.0. The van der Waals surface area contributed by atoms with Crippen LogP contribution in [-0.4, -0.2) is 27.9 Å². The molecule has 8 heteroatoms. The molecule has 130 valence electrons. The second kappa shape index (κ2) is 6.69. The van der Waals surface area contributed by atoms with Crippen molar-refractivity contribution in [2.45, 2.75) is 12.2 Å². The Bertz CT molecular complexity index is 971. The number of thioether (sulfide) groups is 1. The lowest BCUT2D eigenvalue weighted by atomic mass is 10.1. The number of anilines is 2. The molecule has 2 aromatic rings. The molecule has 0 radical (unpaired) electrons. The largest absolute Gasteiger partial charge is 0.320 e. The fraction of sp³-hybridized carbons (Fsp3) is 0.111. The van der Waals surface area contributed by atoms with E-state index in [9.17, 15) is 9.59 Å². The predicted octanol–water partition coefficient (Wildman–Crippen LogP) is 3.63. The van der Waals surface area contributed by atoms with E-state index in [4.69, 9.17) is 0 Å². The fourth-order valence-electron chi connectivity index (χ4n) is 2.73. The van der Waals surface area contributed by atoms with Gasteiger partial charge in [-0.05, 0) is 37.3 Å². The van der Waals surface area contributed by atoms with E-state index < -0.39 is 0 Å². The van der Waals surface area contributed by atoms with Gasteiger partial charge in [0.05, 0.1) is 16.6 Å². The van der Waals surface area contributed by atoms with Crippen LogP contribution in [0, 0.1) is 0 Å². The molecule has 26 heavy (non-hydrogen) atoms. The summed E-state index contributed by atoms with van der Waals surface area (Å²) < 4.78 is 0.923. The number of nitrogens with one attached hydrogen (secondary N) is 1. The highest BCUT2D eigenvalue weighted by atomic mass is 79.9. The van der Waals surface area contributed by atoms with Crippen molar-refractivity contribution in [2.75, 3.05) is 10.2 Å². The molecule has 1 saturated heterocycles. The van der Waals surface area contributed by atoms with Crippen LogP contribution in [0.25, 0.3) is 0 Å². The topological polar surface area (TPSA) is 74.1 Å². The molecule has 6 nitrogen and oxygen atoms in total. The summed E-state index contributed by atoms with van der Waals surface area (Å²) in [7, 11) is 0. The van der Waals surface area contributed by atoms with Gasteiger partial charge in [0.25, 0.3) is 5.91 Å². The molecule has 4 rings (SSSR count). The van der Waals surface area contributed by atoms with Gasteiger partial charge < -0.3 is 5.32 Å². The Labute approximate surface area is 162 Å². The Morgan fingerprint density at radius 2 is 1.81 bits per heavy atom. The normalized spacial score (nSPS) is 22.2. The molecule has 0 spiro atoms. The van der Waals surface area contributed by atoms with Crippen molar-refractivity contribution in [1.29, 1.82) is 0 Å². The summed E-state index contributed by atoms with van der Waals surface area (Å²) in [6, 6.07) is 14.7. The number of nitrogens with zero attached hydrogens (tertiary/aromatic N) is 3. The van der Waals surface area contributed by atoms with Crippen molar-refractivity contribution in [3.8, 4) is 0 Å². The standard InChI is InChI=1S/C18H13BrN4O2S/c1-10-17(25)23(12-8-6-11(19)7-9-12)18(26-10)22-21-15-13-4-2-3-5-14(13)20-16(15)24/h2-10H,1H3,(H,20,21,24)/b22-18-. The summed E-state index contributed by atoms with van der Waals surface area (Å²) in [6.07, 6.45) is 0. The van der Waals surface area contributed by atoms with Crippen molar-refractivity contribution in [2.24, 2.45) is 10.2 Å². The van der Waals surface area contributed by atoms with Crippen molar-refractivity contribution >= 4 is 61.8 Å². The molecule has 2 aromatic carbocycles. The van der Waals surface area contributed by atoms with E-state index in [0.29, 0.717) is 22.1 Å². The lowest BCUT2D eigenvalue weighted by Gasteiger charge is -2.15. The Morgan fingerprint density at radius 3 is 2.58 bits per heavy atom. The first-order valence-corrected chi connectivity index (χ1v) is 9.54. The molecule has 1 fully saturated rings. The Kier molecular flexibility index (Phi) is 4.37. The average Bonchev–Trinajstić information content (AvgIpc) is 3.10. The van der Waals surface area contributed by atoms with Gasteiger partial charge in [0, 0.05) is 10.0 Å². The van der Waals surface area contributed by atoms with Gasteiger partial charge in [-0.3, -0.25) is 14.5 Å². The van der Waals surface area contributed by atoms with Gasteiger partial charge >= 0.3 is 0 Å². The minimum atomic E-state index is -0.298. The minimum Gasteiger partial charge on any atom is -0.320 e. The monoisotopic (exact) mass is 428 g/mol. The van der Waals surface area contributed by atoms with Gasteiger partial charge in [-0.2, -0.15) is 0 Å². The number of halogens is 1. The molecule has 2 aliphatic heterocycles. The van der Waals surface area contributed by atoms with Crippen LogP contribution in [-0.2, 0) is 9.59 Å². The highest BCUT2D eigenvalue weighted by molar-refractivity contribution is 9.10. The first-order valence-electron chi connectivity index (χ1n) is 7.87. The molecule has 1 atom stereocenters. The summed E-state index contributed by atoms with van der Waals surface area (Å²) in [6.45, 7) is 1.83. The van der Waals surface area contributed by atoms with Crippen molar-refractivity contribution in [1.82, 2.24) is 0 Å². The van der Waals surface area contributed by atoms with E-state index in [-0.39, 0.29) is 22.8 Å². The minimum absolute atomic E-state index is 0.0625. The maximum absolute atomic E-state index is 12.5. The summed E-state index contributed by atoms with van der Waals surface area (Å²) in [4.78, 5) is 26.2. The first kappa shape index (κ1) is 17.0. The van der Waals surface area contributed by atoms with Crippen molar-refractivity contribution in [3.63, 3.8) is 0 Å². The van der Waals surface area contributed by atoms with Crippen LogP contribution in [0.3, 0.4) is 0 Å². The number of amides is 2. The maximum Gasteiger partial charge on any atom is 0.276 e. The number of benzene rings is 2. The Morgan fingerprint density at radius 1 is 1.08 bits per heavy atom. The SMILES string of the molecule is CC1S/C(=N\N=C2/C(=O)Nc3ccccc32)N(c2ccc(Br)cc2)C1=O. The number of rotatable bonds is 2. The second-order valence-corrected chi connectivity index (χ2v) is 7.96. The molecule has 2 aliphatic rings. The number of hydrogen-bond acceptors (Lipinski definition) is 5. The fourth-order valence-corrected chi connectivity index (χ4v) is 3.90. The Hall–Kier alpha value is -2.45. The zero-order chi connectivity index (χ0) is 18.3. The van der Waals surface area contributed by atoms with Gasteiger partial charge in [0.15, 0.2) is 10.9 Å². The molecular formula is C18H13BrN4O2S. The maximum atomic E-state index is 12.5. The van der Waals surface area contributed by atoms with E-state index >= 15 is 0 Å². The lowest BCUT2D eigenvalue weighted by molar-refractivity contribution is -0.116. The second-order valence-electron chi connectivity index (χ2n) is 5.74. The van der Waals surface area contributed by atoms with Gasteiger partial charge in [-0.15, -0.1) is 10.2 Å². The van der Waals surface area contributed by atoms with Crippen LogP contribution in [0.15, 0.2) is 63.2 Å². The van der Waals surface area contributed by atoms with Gasteiger partial charge in [-0.25, -0.2) is 0 Å². The van der Waals surface area contributed by atoms with E-state index in [2.05, 4.69) is 31.4 Å². The highest BCUT2D eigenvalue weighted by Gasteiger charge is 2.36. The predicted molar refractivity (Wildman–Crippen MR) is 108 cm³/mol. The molecular weight excluding hydrogens is 416 g/mol. The summed E-state index contributed by atoms with van der Waals surface area (Å²) in [5, 5.41) is 11.3. The smallest absolute Gasteiger partial charge is 0.276 e. The van der Waals surface area contributed by atoms with Crippen molar-refractivity contribution < 1.29 is 9.59 Å². The molecule has 0 bridgehead atoms. The average molecular weight is 429 g/mol.